The van der Waals surface area contributed by atoms with Gasteiger partial charge in [-0.05, 0) is 44.7 Å². The van der Waals surface area contributed by atoms with Crippen molar-refractivity contribution in [3.05, 3.63) is 17.5 Å². The molecular weight excluding hydrogens is 344 g/mol. The molecule has 0 unspecified atom stereocenters. The predicted molar refractivity (Wildman–Crippen MR) is 101 cm³/mol. The number of likely N-dealkylation sites (tertiary alicyclic amines) is 2. The molecule has 0 radical (unpaired) electrons. The molecule has 2 N–H and O–H groups in total. The number of urea groups is 1. The summed E-state index contributed by atoms with van der Waals surface area (Å²) in [5, 5.41) is 4.77. The monoisotopic (exact) mass is 374 g/mol. The van der Waals surface area contributed by atoms with E-state index in [9.17, 15) is 9.59 Å². The molecule has 3 amide bonds. The summed E-state index contributed by atoms with van der Waals surface area (Å²) in [4.78, 5) is 30.5. The summed E-state index contributed by atoms with van der Waals surface area (Å²) in [6, 6.07) is 2.30. The largest absolute Gasteiger partial charge is 0.369 e. The molecule has 0 aromatic carbocycles. The lowest BCUT2D eigenvalue weighted by molar-refractivity contribution is -0.123. The maximum Gasteiger partial charge on any atom is 0.320 e. The van der Waals surface area contributed by atoms with E-state index in [1.54, 1.807) is 0 Å². The minimum atomic E-state index is -0.198. The van der Waals surface area contributed by atoms with Gasteiger partial charge in [0, 0.05) is 39.3 Å². The second-order valence-corrected chi connectivity index (χ2v) is 8.08. The lowest BCUT2D eigenvalue weighted by Gasteiger charge is -2.30. The summed E-state index contributed by atoms with van der Waals surface area (Å²) in [7, 11) is 0. The highest BCUT2D eigenvalue weighted by Gasteiger charge is 2.28. The van der Waals surface area contributed by atoms with E-state index in [0.29, 0.717) is 6.54 Å². The SMILES string of the molecule is NC(=O)[C@@H]1CCCN(Cc2cc3n(n2)CCCN(C(=O)N2CCCC2)C3)C1. The molecule has 1 atom stereocenters. The molecule has 8 nitrogen and oxygen atoms in total. The Morgan fingerprint density at radius 1 is 1.04 bits per heavy atom. The predicted octanol–water partition coefficient (Wildman–Crippen LogP) is 1.00. The number of hydrogen-bond donors (Lipinski definition) is 1. The van der Waals surface area contributed by atoms with Crippen LogP contribution < -0.4 is 5.73 Å². The first-order chi connectivity index (χ1) is 13.1. The van der Waals surface area contributed by atoms with Gasteiger partial charge in [-0.2, -0.15) is 5.10 Å². The van der Waals surface area contributed by atoms with Crippen LogP contribution >= 0.6 is 0 Å². The van der Waals surface area contributed by atoms with Crippen LogP contribution in [0, 0.1) is 5.92 Å². The fraction of sp³-hybridized carbons (Fsp3) is 0.737. The summed E-state index contributed by atoms with van der Waals surface area (Å²) in [6.07, 6.45) is 5.05. The number of nitrogens with two attached hydrogens (primary N) is 1. The number of carbonyl (C=O) groups is 2. The highest BCUT2D eigenvalue weighted by atomic mass is 16.2. The van der Waals surface area contributed by atoms with Crippen molar-refractivity contribution in [1.82, 2.24) is 24.5 Å². The molecule has 0 aliphatic carbocycles. The van der Waals surface area contributed by atoms with Gasteiger partial charge >= 0.3 is 6.03 Å². The van der Waals surface area contributed by atoms with Crippen molar-refractivity contribution in [3.63, 3.8) is 0 Å². The quantitative estimate of drug-likeness (QED) is 0.855. The first-order valence-electron chi connectivity index (χ1n) is 10.2. The number of nitrogens with zero attached hydrogens (tertiary/aromatic N) is 5. The van der Waals surface area contributed by atoms with E-state index in [4.69, 9.17) is 10.8 Å². The molecule has 1 aromatic heterocycles. The summed E-state index contributed by atoms with van der Waals surface area (Å²) >= 11 is 0. The normalized spacial score (nSPS) is 23.9. The van der Waals surface area contributed by atoms with Gasteiger partial charge in [0.25, 0.3) is 0 Å². The van der Waals surface area contributed by atoms with E-state index in [0.717, 1.165) is 89.3 Å². The zero-order chi connectivity index (χ0) is 18.8. The van der Waals surface area contributed by atoms with Crippen LogP contribution in [-0.2, 0) is 24.4 Å². The molecule has 3 aliphatic rings. The lowest BCUT2D eigenvalue weighted by atomic mass is 9.97. The zero-order valence-electron chi connectivity index (χ0n) is 16.0. The average Bonchev–Trinajstić information content (AvgIpc) is 3.27. The first kappa shape index (κ1) is 18.3. The van der Waals surface area contributed by atoms with Crippen molar-refractivity contribution >= 4 is 11.9 Å². The second kappa shape index (κ2) is 7.88. The van der Waals surface area contributed by atoms with Crippen LogP contribution in [0.2, 0.25) is 0 Å². The van der Waals surface area contributed by atoms with Crippen LogP contribution in [0.5, 0.6) is 0 Å². The number of aryl methyl sites for hydroxylation is 1. The van der Waals surface area contributed by atoms with Gasteiger partial charge in [0.1, 0.15) is 0 Å². The third kappa shape index (κ3) is 4.10. The molecule has 2 fully saturated rings. The maximum atomic E-state index is 12.8. The third-order valence-electron chi connectivity index (χ3n) is 6.01. The molecule has 4 rings (SSSR count). The van der Waals surface area contributed by atoms with Gasteiger partial charge in [-0.3, -0.25) is 14.4 Å². The Morgan fingerprint density at radius 3 is 2.59 bits per heavy atom. The molecule has 1 aromatic rings. The Kier molecular flexibility index (Phi) is 5.33. The number of amides is 3. The van der Waals surface area contributed by atoms with E-state index in [1.165, 1.54) is 0 Å². The Bertz CT molecular complexity index is 696. The van der Waals surface area contributed by atoms with Crippen molar-refractivity contribution in [2.75, 3.05) is 32.7 Å². The highest BCUT2D eigenvalue weighted by molar-refractivity contribution is 5.77. The van der Waals surface area contributed by atoms with Crippen LogP contribution in [-0.4, -0.2) is 69.1 Å². The number of rotatable bonds is 3. The number of carbonyl (C=O) groups excluding carboxylic acids is 2. The van der Waals surface area contributed by atoms with Crippen molar-refractivity contribution in [3.8, 4) is 0 Å². The average molecular weight is 374 g/mol. The van der Waals surface area contributed by atoms with E-state index in [1.807, 2.05) is 9.80 Å². The Hall–Kier alpha value is -2.09. The molecule has 2 saturated heterocycles. The molecule has 0 spiro atoms. The summed E-state index contributed by atoms with van der Waals surface area (Å²) in [5.41, 5.74) is 7.62. The Balaban J connectivity index is 1.41. The zero-order valence-corrected chi connectivity index (χ0v) is 16.0. The minimum Gasteiger partial charge on any atom is -0.369 e. The van der Waals surface area contributed by atoms with Crippen LogP contribution in [0.15, 0.2) is 6.07 Å². The van der Waals surface area contributed by atoms with Crippen LogP contribution in [0.4, 0.5) is 4.79 Å². The van der Waals surface area contributed by atoms with Gasteiger partial charge < -0.3 is 15.5 Å². The van der Waals surface area contributed by atoms with Gasteiger partial charge in [0.05, 0.1) is 23.9 Å². The summed E-state index contributed by atoms with van der Waals surface area (Å²) < 4.78 is 2.06. The molecule has 4 heterocycles. The maximum absolute atomic E-state index is 12.8. The van der Waals surface area contributed by atoms with Gasteiger partial charge in [0.15, 0.2) is 0 Å². The van der Waals surface area contributed by atoms with E-state index < -0.39 is 0 Å². The van der Waals surface area contributed by atoms with Crippen molar-refractivity contribution in [2.24, 2.45) is 11.7 Å². The highest BCUT2D eigenvalue weighted by Crippen LogP contribution is 2.21. The van der Waals surface area contributed by atoms with Crippen molar-refractivity contribution in [1.29, 1.82) is 0 Å². The standard InChI is InChI=1S/C19H30N6O2/c20-18(26)15-5-3-6-22(12-15)13-16-11-17-14-24(9-4-10-25(17)21-16)19(27)23-7-1-2-8-23/h11,15H,1-10,12-14H2,(H2,20,26)/t15-/m1/s1. The molecule has 3 aliphatic heterocycles. The molecular formula is C19H30N6O2. The number of fused-ring (bicyclic) bond motifs is 1. The van der Waals surface area contributed by atoms with Gasteiger partial charge in [-0.15, -0.1) is 0 Å². The van der Waals surface area contributed by atoms with Gasteiger partial charge in [-0.1, -0.05) is 0 Å². The third-order valence-corrected chi connectivity index (χ3v) is 6.01. The van der Waals surface area contributed by atoms with Crippen molar-refractivity contribution < 1.29 is 9.59 Å². The molecule has 148 valence electrons. The molecule has 27 heavy (non-hydrogen) atoms. The van der Waals surface area contributed by atoms with Crippen LogP contribution in [0.1, 0.15) is 43.5 Å². The molecule has 0 bridgehead atoms. The van der Waals surface area contributed by atoms with Crippen molar-refractivity contribution in [2.45, 2.75) is 51.7 Å². The Morgan fingerprint density at radius 2 is 1.81 bits per heavy atom. The van der Waals surface area contributed by atoms with E-state index in [-0.39, 0.29) is 17.9 Å². The minimum absolute atomic E-state index is 0.0484. The fourth-order valence-electron chi connectivity index (χ4n) is 4.53. The fourth-order valence-corrected chi connectivity index (χ4v) is 4.53. The topological polar surface area (TPSA) is 87.7 Å². The second-order valence-electron chi connectivity index (χ2n) is 8.08. The van der Waals surface area contributed by atoms with E-state index >= 15 is 0 Å². The lowest BCUT2D eigenvalue weighted by Crippen LogP contribution is -2.41. The number of primary amides is 1. The van der Waals surface area contributed by atoms with Gasteiger partial charge in [-0.25, -0.2) is 4.79 Å². The smallest absolute Gasteiger partial charge is 0.320 e. The first-order valence-corrected chi connectivity index (χ1v) is 10.2. The number of hydrogen-bond acceptors (Lipinski definition) is 4. The van der Waals surface area contributed by atoms with E-state index in [2.05, 4.69) is 15.6 Å². The summed E-state index contributed by atoms with van der Waals surface area (Å²) in [5.74, 6) is -0.246. The molecule has 8 heteroatoms. The van der Waals surface area contributed by atoms with Crippen LogP contribution in [0.25, 0.3) is 0 Å². The summed E-state index contributed by atoms with van der Waals surface area (Å²) in [6.45, 7) is 6.48. The Labute approximate surface area is 160 Å². The number of aromatic nitrogens is 2. The number of piperidine rings is 1. The van der Waals surface area contributed by atoms with Crippen LogP contribution in [0.3, 0.4) is 0 Å². The molecule has 0 saturated carbocycles. The van der Waals surface area contributed by atoms with Gasteiger partial charge in [0.2, 0.25) is 5.91 Å².